The van der Waals surface area contributed by atoms with E-state index in [1.165, 1.54) is 12.1 Å². The van der Waals surface area contributed by atoms with E-state index in [2.05, 4.69) is 20.9 Å². The van der Waals surface area contributed by atoms with Gasteiger partial charge >= 0.3 is 0 Å². The second-order valence-electron chi connectivity index (χ2n) is 4.70. The van der Waals surface area contributed by atoms with Gasteiger partial charge in [-0.05, 0) is 38.5 Å². The van der Waals surface area contributed by atoms with Crippen LogP contribution < -0.4 is 10.6 Å². The van der Waals surface area contributed by atoms with Crippen LogP contribution >= 0.6 is 15.9 Å². The first-order valence-electron chi connectivity index (χ1n) is 5.80. The fourth-order valence-corrected chi connectivity index (χ4v) is 2.17. The first-order valence-corrected chi connectivity index (χ1v) is 6.59. The summed E-state index contributed by atoms with van der Waals surface area (Å²) in [6, 6.07) is 4.46. The molecular formula is C13H16BrFN4. The number of anilines is 1. The zero-order chi connectivity index (χ0) is 14.6. The van der Waals surface area contributed by atoms with Gasteiger partial charge in [0.05, 0.1) is 0 Å². The Hall–Kier alpha value is -1.61. The van der Waals surface area contributed by atoms with Crippen molar-refractivity contribution in [2.75, 3.05) is 4.90 Å². The molecule has 19 heavy (non-hydrogen) atoms. The van der Waals surface area contributed by atoms with Gasteiger partial charge in [-0.15, -0.1) is 4.99 Å². The van der Waals surface area contributed by atoms with Crippen LogP contribution in [0, 0.1) is 17.3 Å². The maximum absolute atomic E-state index is 13.5. The fraction of sp³-hybridized carbons (Fsp3) is 0.385. The van der Waals surface area contributed by atoms with E-state index in [0.29, 0.717) is 10.2 Å². The maximum Gasteiger partial charge on any atom is 0.212 e. The third-order valence-corrected chi connectivity index (χ3v) is 3.43. The molecule has 0 aliphatic heterocycles. The molecule has 0 bridgehead atoms. The second-order valence-corrected chi connectivity index (χ2v) is 5.61. The highest BCUT2D eigenvalue weighted by molar-refractivity contribution is 9.10. The van der Waals surface area contributed by atoms with E-state index in [1.807, 2.05) is 20.8 Å². The summed E-state index contributed by atoms with van der Waals surface area (Å²) in [5.41, 5.74) is 6.00. The number of halogens is 2. The van der Waals surface area contributed by atoms with Crippen LogP contribution in [-0.2, 0) is 0 Å². The van der Waals surface area contributed by atoms with Crippen LogP contribution in [0.2, 0.25) is 0 Å². The average molecular weight is 327 g/mol. The van der Waals surface area contributed by atoms with E-state index < -0.39 is 5.54 Å². The molecule has 6 heteroatoms. The predicted molar refractivity (Wildman–Crippen MR) is 78.2 cm³/mol. The van der Waals surface area contributed by atoms with Crippen molar-refractivity contribution >= 4 is 27.6 Å². The van der Waals surface area contributed by atoms with Crippen LogP contribution in [0.5, 0.6) is 0 Å². The van der Waals surface area contributed by atoms with Gasteiger partial charge < -0.3 is 10.6 Å². The lowest BCUT2D eigenvalue weighted by atomic mass is 9.98. The van der Waals surface area contributed by atoms with Gasteiger partial charge in [-0.1, -0.05) is 22.9 Å². The molecule has 0 heterocycles. The van der Waals surface area contributed by atoms with Gasteiger partial charge in [-0.25, -0.2) is 4.39 Å². The summed E-state index contributed by atoms with van der Waals surface area (Å²) in [5.74, 6) is -0.335. The van der Waals surface area contributed by atoms with Crippen molar-refractivity contribution in [2.24, 2.45) is 10.7 Å². The largest absolute Gasteiger partial charge is 0.369 e. The Morgan fingerprint density at radius 3 is 2.63 bits per heavy atom. The Morgan fingerprint density at radius 2 is 2.16 bits per heavy atom. The SMILES string of the molecule is CCC(C)(C)N(C(N)=NC#N)c1cc(F)cc(Br)c1. The zero-order valence-electron chi connectivity index (χ0n) is 11.1. The molecule has 102 valence electrons. The van der Waals surface area contributed by atoms with Crippen LogP contribution in [0.1, 0.15) is 27.2 Å². The van der Waals surface area contributed by atoms with Crippen molar-refractivity contribution < 1.29 is 4.39 Å². The summed E-state index contributed by atoms with van der Waals surface area (Å²) in [6.07, 6.45) is 2.41. The summed E-state index contributed by atoms with van der Waals surface area (Å²) in [7, 11) is 0. The van der Waals surface area contributed by atoms with E-state index in [1.54, 1.807) is 17.2 Å². The molecular weight excluding hydrogens is 311 g/mol. The molecule has 1 rings (SSSR count). The highest BCUT2D eigenvalue weighted by Crippen LogP contribution is 2.29. The van der Waals surface area contributed by atoms with E-state index in [4.69, 9.17) is 11.0 Å². The molecule has 4 nitrogen and oxygen atoms in total. The van der Waals surface area contributed by atoms with Crippen LogP contribution in [0.15, 0.2) is 27.7 Å². The van der Waals surface area contributed by atoms with Crippen molar-refractivity contribution in [3.63, 3.8) is 0 Å². The van der Waals surface area contributed by atoms with Crippen LogP contribution in [0.25, 0.3) is 0 Å². The van der Waals surface area contributed by atoms with Gasteiger partial charge in [0.25, 0.3) is 0 Å². The molecule has 0 aliphatic carbocycles. The number of hydrogen-bond donors (Lipinski definition) is 1. The molecule has 0 saturated heterocycles. The monoisotopic (exact) mass is 326 g/mol. The average Bonchev–Trinajstić information content (AvgIpc) is 2.27. The summed E-state index contributed by atoms with van der Waals surface area (Å²) in [5, 5.41) is 8.65. The first-order chi connectivity index (χ1) is 8.81. The molecule has 0 spiro atoms. The number of nitriles is 1. The first kappa shape index (κ1) is 15.4. The Labute approximate surface area is 120 Å². The lowest BCUT2D eigenvalue weighted by Gasteiger charge is -2.38. The van der Waals surface area contributed by atoms with Crippen molar-refractivity contribution in [3.05, 3.63) is 28.5 Å². The van der Waals surface area contributed by atoms with Crippen molar-refractivity contribution in [3.8, 4) is 6.19 Å². The van der Waals surface area contributed by atoms with Gasteiger partial charge in [-0.3, -0.25) is 0 Å². The van der Waals surface area contributed by atoms with Crippen molar-refractivity contribution in [1.29, 1.82) is 5.26 Å². The summed E-state index contributed by atoms with van der Waals surface area (Å²) in [6.45, 7) is 5.89. The molecule has 1 aromatic carbocycles. The number of nitrogens with zero attached hydrogens (tertiary/aromatic N) is 3. The Bertz CT molecular complexity index is 514. The van der Waals surface area contributed by atoms with E-state index in [0.717, 1.165) is 6.42 Å². The van der Waals surface area contributed by atoms with Gasteiger partial charge in [0.2, 0.25) is 12.2 Å². The highest BCUT2D eigenvalue weighted by atomic mass is 79.9. The maximum atomic E-state index is 13.5. The molecule has 0 atom stereocenters. The standard InChI is InChI=1S/C13H16BrFN4/c1-4-13(2,3)19(12(17)18-8-16)11-6-9(14)5-10(15)7-11/h5-7H,4H2,1-3H3,(H2,17,18). The third kappa shape index (κ3) is 3.67. The number of rotatable bonds is 3. The second kappa shape index (κ2) is 6.02. The third-order valence-electron chi connectivity index (χ3n) is 2.97. The Morgan fingerprint density at radius 1 is 1.53 bits per heavy atom. The number of benzene rings is 1. The Balaban J connectivity index is 3.40. The minimum Gasteiger partial charge on any atom is -0.369 e. The summed E-state index contributed by atoms with van der Waals surface area (Å²) >= 11 is 3.25. The highest BCUT2D eigenvalue weighted by Gasteiger charge is 2.28. The van der Waals surface area contributed by atoms with E-state index in [9.17, 15) is 4.39 Å². The fourth-order valence-electron chi connectivity index (χ4n) is 1.72. The van der Waals surface area contributed by atoms with Crippen molar-refractivity contribution in [2.45, 2.75) is 32.7 Å². The normalized spacial score (nSPS) is 12.1. The van der Waals surface area contributed by atoms with Crippen LogP contribution in [0.3, 0.4) is 0 Å². The molecule has 0 amide bonds. The predicted octanol–water partition coefficient (Wildman–Crippen LogP) is 3.38. The minimum absolute atomic E-state index is 0.0480. The molecule has 2 N–H and O–H groups in total. The molecule has 1 aromatic rings. The molecule has 0 radical (unpaired) electrons. The van der Waals surface area contributed by atoms with Gasteiger partial charge in [-0.2, -0.15) is 5.26 Å². The van der Waals surface area contributed by atoms with E-state index in [-0.39, 0.29) is 11.8 Å². The van der Waals surface area contributed by atoms with Gasteiger partial charge in [0.15, 0.2) is 0 Å². The molecule has 0 fully saturated rings. The number of guanidine groups is 1. The van der Waals surface area contributed by atoms with Crippen LogP contribution in [-0.4, -0.2) is 11.5 Å². The quantitative estimate of drug-likeness (QED) is 0.526. The number of aliphatic imine (C=N–C) groups is 1. The summed E-state index contributed by atoms with van der Waals surface area (Å²) in [4.78, 5) is 5.22. The Kier molecular flexibility index (Phi) is 4.90. The lowest BCUT2D eigenvalue weighted by molar-refractivity contribution is 0.494. The van der Waals surface area contributed by atoms with E-state index >= 15 is 0 Å². The molecule has 0 unspecified atom stereocenters. The lowest BCUT2D eigenvalue weighted by Crippen LogP contribution is -2.51. The van der Waals surface area contributed by atoms with Gasteiger partial charge in [0.1, 0.15) is 5.82 Å². The molecule has 0 aromatic heterocycles. The summed E-state index contributed by atoms with van der Waals surface area (Å²) < 4.78 is 14.1. The van der Waals surface area contributed by atoms with Gasteiger partial charge in [0, 0.05) is 15.7 Å². The zero-order valence-corrected chi connectivity index (χ0v) is 12.7. The molecule has 0 saturated carbocycles. The number of hydrogen-bond acceptors (Lipinski definition) is 2. The number of nitrogens with two attached hydrogens (primary N) is 1. The smallest absolute Gasteiger partial charge is 0.212 e. The van der Waals surface area contributed by atoms with Crippen LogP contribution in [0.4, 0.5) is 10.1 Å². The minimum atomic E-state index is -0.391. The molecule has 0 aliphatic rings. The van der Waals surface area contributed by atoms with Crippen molar-refractivity contribution in [1.82, 2.24) is 0 Å². The topological polar surface area (TPSA) is 65.4 Å².